The minimum absolute atomic E-state index is 0.0280. The summed E-state index contributed by atoms with van der Waals surface area (Å²) in [4.78, 5) is 32.6. The summed E-state index contributed by atoms with van der Waals surface area (Å²) in [6, 6.07) is 10.4. The van der Waals surface area contributed by atoms with E-state index in [1.165, 1.54) is 26.3 Å². The number of amides is 1. The Hall–Kier alpha value is -3.68. The summed E-state index contributed by atoms with van der Waals surface area (Å²) in [7, 11) is 1.41. The Morgan fingerprint density at radius 2 is 1.90 bits per heavy atom. The molecule has 8 nitrogen and oxygen atoms in total. The fourth-order valence-electron chi connectivity index (χ4n) is 2.68. The molecule has 2 aromatic heterocycles. The van der Waals surface area contributed by atoms with E-state index in [4.69, 9.17) is 14.2 Å². The number of fused-ring (bicyclic) bond motifs is 1. The Balaban J connectivity index is 1.87. The molecule has 29 heavy (non-hydrogen) atoms. The van der Waals surface area contributed by atoms with Gasteiger partial charge >= 0.3 is 5.97 Å². The van der Waals surface area contributed by atoms with E-state index in [0.29, 0.717) is 11.6 Å². The monoisotopic (exact) mass is 395 g/mol. The lowest BCUT2D eigenvalue weighted by molar-refractivity contribution is -0.132. The van der Waals surface area contributed by atoms with Crippen LogP contribution in [-0.2, 0) is 4.79 Å². The first-order chi connectivity index (χ1) is 13.9. The summed E-state index contributed by atoms with van der Waals surface area (Å²) in [6.07, 6.45) is 1.43. The summed E-state index contributed by atoms with van der Waals surface area (Å²) in [5, 5.41) is 3.59. The van der Waals surface area contributed by atoms with Crippen molar-refractivity contribution in [3.05, 3.63) is 48.3 Å². The lowest BCUT2D eigenvalue weighted by Gasteiger charge is -2.12. The van der Waals surface area contributed by atoms with Crippen LogP contribution in [0.1, 0.15) is 31.3 Å². The van der Waals surface area contributed by atoms with E-state index in [9.17, 15) is 9.59 Å². The molecule has 0 saturated carbocycles. The maximum atomic E-state index is 12.7. The number of carbonyl (C=O) groups excluding carboxylic acids is 2. The molecule has 0 unspecified atom stereocenters. The Labute approximate surface area is 167 Å². The Morgan fingerprint density at radius 1 is 1.10 bits per heavy atom. The molecule has 0 aliphatic carbocycles. The second kappa shape index (κ2) is 8.55. The molecule has 0 fully saturated rings. The smallest absolute Gasteiger partial charge is 0.308 e. The molecule has 0 radical (unpaired) electrons. The largest absolute Gasteiger partial charge is 0.493 e. The second-order valence-corrected chi connectivity index (χ2v) is 6.46. The quantitative estimate of drug-likeness (QED) is 0.637. The number of ether oxygens (including phenoxy) is 3. The number of rotatable bonds is 6. The summed E-state index contributed by atoms with van der Waals surface area (Å²) in [5.74, 6) is -0.372. The van der Waals surface area contributed by atoms with Crippen molar-refractivity contribution in [3.8, 4) is 17.4 Å². The summed E-state index contributed by atoms with van der Waals surface area (Å²) in [5.41, 5.74) is 1.22. The number of methoxy groups -OCH3 is 1. The molecule has 0 saturated heterocycles. The molecule has 1 aromatic carbocycles. The molecular formula is C21H21N3O5. The minimum atomic E-state index is -0.582. The van der Waals surface area contributed by atoms with E-state index in [1.807, 2.05) is 19.9 Å². The number of pyridine rings is 2. The molecule has 1 N–H and O–H groups in total. The third kappa shape index (κ3) is 4.78. The second-order valence-electron chi connectivity index (χ2n) is 6.46. The zero-order valence-electron chi connectivity index (χ0n) is 16.6. The van der Waals surface area contributed by atoms with Crippen molar-refractivity contribution in [2.45, 2.75) is 26.9 Å². The highest BCUT2D eigenvalue weighted by atomic mass is 16.6. The molecule has 8 heteroatoms. The first kappa shape index (κ1) is 20.1. The number of nitrogens with one attached hydrogen (secondary N) is 1. The van der Waals surface area contributed by atoms with Crippen molar-refractivity contribution < 1.29 is 23.8 Å². The highest BCUT2D eigenvalue weighted by molar-refractivity contribution is 6.06. The molecule has 3 rings (SSSR count). The number of benzene rings is 1. The van der Waals surface area contributed by atoms with Crippen LogP contribution in [-0.4, -0.2) is 35.1 Å². The Morgan fingerprint density at radius 3 is 2.59 bits per heavy atom. The summed E-state index contributed by atoms with van der Waals surface area (Å²) >= 11 is 0. The van der Waals surface area contributed by atoms with Crippen LogP contribution >= 0.6 is 0 Å². The number of carbonyl (C=O) groups is 2. The molecule has 0 aliphatic heterocycles. The zero-order valence-corrected chi connectivity index (χ0v) is 16.6. The predicted octanol–water partition coefficient (Wildman–Crippen LogP) is 3.60. The van der Waals surface area contributed by atoms with Gasteiger partial charge in [0.25, 0.3) is 5.91 Å². The molecule has 0 spiro atoms. The number of anilines is 1. The van der Waals surface area contributed by atoms with Crippen molar-refractivity contribution >= 4 is 28.5 Å². The molecule has 0 atom stereocenters. The van der Waals surface area contributed by atoms with Gasteiger partial charge in [0.05, 0.1) is 18.7 Å². The van der Waals surface area contributed by atoms with Crippen LogP contribution in [0.4, 0.5) is 5.69 Å². The van der Waals surface area contributed by atoms with E-state index < -0.39 is 11.9 Å². The van der Waals surface area contributed by atoms with Gasteiger partial charge in [-0.2, -0.15) is 0 Å². The van der Waals surface area contributed by atoms with Gasteiger partial charge in [-0.25, -0.2) is 9.97 Å². The minimum Gasteiger partial charge on any atom is -0.493 e. The van der Waals surface area contributed by atoms with Crippen molar-refractivity contribution in [1.82, 2.24) is 9.97 Å². The first-order valence-corrected chi connectivity index (χ1v) is 8.97. The predicted molar refractivity (Wildman–Crippen MR) is 108 cm³/mol. The third-order valence-corrected chi connectivity index (χ3v) is 3.83. The highest BCUT2D eigenvalue weighted by Gasteiger charge is 2.21. The van der Waals surface area contributed by atoms with Crippen LogP contribution in [0.3, 0.4) is 0 Å². The van der Waals surface area contributed by atoms with Crippen LogP contribution in [0, 0.1) is 0 Å². The standard InChI is InChI=1S/C21H21N3O5/c1-12(2)28-18-8-5-14-11-15(6-7-16(14)24-18)23-21(26)19-20(29-13(3)25)17(27-4)9-10-22-19/h5-12H,1-4H3,(H,23,26). The van der Waals surface area contributed by atoms with E-state index in [-0.39, 0.29) is 23.3 Å². The van der Waals surface area contributed by atoms with Gasteiger partial charge in [0.2, 0.25) is 11.6 Å². The van der Waals surface area contributed by atoms with Gasteiger partial charge < -0.3 is 19.5 Å². The maximum Gasteiger partial charge on any atom is 0.308 e. The molecule has 0 bridgehead atoms. The highest BCUT2D eigenvalue weighted by Crippen LogP contribution is 2.30. The average Bonchev–Trinajstić information content (AvgIpc) is 2.67. The Bertz CT molecular complexity index is 1070. The SMILES string of the molecule is COc1ccnc(C(=O)Nc2ccc3nc(OC(C)C)ccc3c2)c1OC(C)=O. The van der Waals surface area contributed by atoms with Crippen LogP contribution in [0.15, 0.2) is 42.6 Å². The molecule has 150 valence electrons. The number of aromatic nitrogens is 2. The van der Waals surface area contributed by atoms with Crippen LogP contribution in [0.5, 0.6) is 17.4 Å². The third-order valence-electron chi connectivity index (χ3n) is 3.83. The maximum absolute atomic E-state index is 12.7. The van der Waals surface area contributed by atoms with Gasteiger partial charge in [0, 0.05) is 36.3 Å². The number of esters is 1. The van der Waals surface area contributed by atoms with Gasteiger partial charge in [-0.05, 0) is 38.1 Å². The fraction of sp³-hybridized carbons (Fsp3) is 0.238. The fourth-order valence-corrected chi connectivity index (χ4v) is 2.68. The number of nitrogens with zero attached hydrogens (tertiary/aromatic N) is 2. The van der Waals surface area contributed by atoms with Crippen LogP contribution in [0.25, 0.3) is 10.9 Å². The van der Waals surface area contributed by atoms with Crippen molar-refractivity contribution in [3.63, 3.8) is 0 Å². The van der Waals surface area contributed by atoms with Gasteiger partial charge in [-0.1, -0.05) is 0 Å². The van der Waals surface area contributed by atoms with Gasteiger partial charge in [-0.15, -0.1) is 0 Å². The van der Waals surface area contributed by atoms with E-state index >= 15 is 0 Å². The first-order valence-electron chi connectivity index (χ1n) is 8.97. The summed E-state index contributed by atoms with van der Waals surface area (Å²) < 4.78 is 15.9. The molecule has 0 aliphatic rings. The van der Waals surface area contributed by atoms with Crippen molar-refractivity contribution in [1.29, 1.82) is 0 Å². The lowest BCUT2D eigenvalue weighted by Crippen LogP contribution is -2.17. The van der Waals surface area contributed by atoms with Gasteiger partial charge in [0.15, 0.2) is 11.4 Å². The number of hydrogen-bond donors (Lipinski definition) is 1. The van der Waals surface area contributed by atoms with Gasteiger partial charge in [-0.3, -0.25) is 9.59 Å². The zero-order chi connectivity index (χ0) is 21.0. The number of hydrogen-bond acceptors (Lipinski definition) is 7. The summed E-state index contributed by atoms with van der Waals surface area (Å²) in [6.45, 7) is 5.10. The van der Waals surface area contributed by atoms with Gasteiger partial charge in [0.1, 0.15) is 0 Å². The Kier molecular flexibility index (Phi) is 5.92. The molecule has 3 aromatic rings. The average molecular weight is 395 g/mol. The lowest BCUT2D eigenvalue weighted by atomic mass is 10.2. The van der Waals surface area contributed by atoms with E-state index in [1.54, 1.807) is 24.3 Å². The van der Waals surface area contributed by atoms with E-state index in [0.717, 1.165) is 10.9 Å². The van der Waals surface area contributed by atoms with E-state index in [2.05, 4.69) is 15.3 Å². The van der Waals surface area contributed by atoms with Crippen LogP contribution in [0.2, 0.25) is 0 Å². The topological polar surface area (TPSA) is 99.6 Å². The van der Waals surface area contributed by atoms with Crippen molar-refractivity contribution in [2.75, 3.05) is 12.4 Å². The molecule has 2 heterocycles. The molecule has 1 amide bonds. The normalized spacial score (nSPS) is 10.7. The van der Waals surface area contributed by atoms with Crippen LogP contribution < -0.4 is 19.5 Å². The molecular weight excluding hydrogens is 374 g/mol. The van der Waals surface area contributed by atoms with Crippen molar-refractivity contribution in [2.24, 2.45) is 0 Å².